The van der Waals surface area contributed by atoms with E-state index in [2.05, 4.69) is 0 Å². The van der Waals surface area contributed by atoms with Crippen molar-refractivity contribution in [2.75, 3.05) is 26.4 Å². The van der Waals surface area contributed by atoms with E-state index >= 15 is 0 Å². The molecule has 2 unspecified atom stereocenters. The van der Waals surface area contributed by atoms with Crippen LogP contribution < -0.4 is 0 Å². The van der Waals surface area contributed by atoms with Gasteiger partial charge in [0.05, 0.1) is 26.1 Å². The van der Waals surface area contributed by atoms with Gasteiger partial charge in [0.2, 0.25) is 0 Å². The zero-order valence-corrected chi connectivity index (χ0v) is 18.0. The summed E-state index contributed by atoms with van der Waals surface area (Å²) < 4.78 is 32.8. The minimum absolute atomic E-state index is 0.0637. The zero-order valence-electron chi connectivity index (χ0n) is 18.0. The molecule has 0 radical (unpaired) electrons. The van der Waals surface area contributed by atoms with Crippen LogP contribution in [0.15, 0.2) is 24.3 Å². The zero-order chi connectivity index (χ0) is 21.8. The van der Waals surface area contributed by atoms with E-state index in [1.54, 1.807) is 12.1 Å². The standard InChI is InChI=1S/C22H30O8/c1-21(2)27-13-17(29-21)11-25-19(23)9-15-7-5-6-8-16(15)10-20(24)26-12-18-14-28-22(3,4)30-18/h5-8,17-18H,9-14H2,1-4H3. The van der Waals surface area contributed by atoms with Crippen LogP contribution in [0.3, 0.4) is 0 Å². The molecule has 8 heteroatoms. The molecular formula is C22H30O8. The van der Waals surface area contributed by atoms with Crippen LogP contribution in [0.1, 0.15) is 38.8 Å². The van der Waals surface area contributed by atoms with Gasteiger partial charge in [-0.2, -0.15) is 0 Å². The molecule has 2 aliphatic rings. The van der Waals surface area contributed by atoms with E-state index in [0.29, 0.717) is 13.2 Å². The molecule has 0 spiro atoms. The highest BCUT2D eigenvalue weighted by Gasteiger charge is 2.34. The molecule has 0 amide bonds. The molecule has 0 saturated carbocycles. The van der Waals surface area contributed by atoms with Crippen LogP contribution >= 0.6 is 0 Å². The second-order valence-corrected chi connectivity index (χ2v) is 8.39. The monoisotopic (exact) mass is 422 g/mol. The van der Waals surface area contributed by atoms with E-state index in [0.717, 1.165) is 11.1 Å². The molecule has 8 nitrogen and oxygen atoms in total. The van der Waals surface area contributed by atoms with Gasteiger partial charge in [0.1, 0.15) is 25.4 Å². The van der Waals surface area contributed by atoms with Gasteiger partial charge in [-0.3, -0.25) is 9.59 Å². The average molecular weight is 422 g/mol. The van der Waals surface area contributed by atoms with Crippen LogP contribution in [0, 0.1) is 0 Å². The summed E-state index contributed by atoms with van der Waals surface area (Å²) in [6.45, 7) is 8.30. The van der Waals surface area contributed by atoms with Gasteiger partial charge in [-0.1, -0.05) is 24.3 Å². The lowest BCUT2D eigenvalue weighted by atomic mass is 10.0. The molecule has 2 aliphatic heterocycles. The van der Waals surface area contributed by atoms with E-state index in [1.165, 1.54) is 0 Å². The molecule has 1 aromatic rings. The van der Waals surface area contributed by atoms with Gasteiger partial charge in [-0.05, 0) is 38.8 Å². The first-order valence-electron chi connectivity index (χ1n) is 10.1. The first-order chi connectivity index (χ1) is 14.1. The third-order valence-corrected chi connectivity index (χ3v) is 4.78. The largest absolute Gasteiger partial charge is 0.463 e. The molecule has 0 aromatic heterocycles. The summed E-state index contributed by atoms with van der Waals surface area (Å²) in [7, 11) is 0. The number of carbonyl (C=O) groups is 2. The SMILES string of the molecule is CC1(C)OCC(COC(=O)Cc2ccccc2CC(=O)OCC2COC(C)(C)O2)O1. The van der Waals surface area contributed by atoms with E-state index < -0.39 is 11.6 Å². The van der Waals surface area contributed by atoms with Gasteiger partial charge in [-0.25, -0.2) is 0 Å². The highest BCUT2D eigenvalue weighted by Crippen LogP contribution is 2.23. The van der Waals surface area contributed by atoms with Crippen LogP contribution in [0.5, 0.6) is 0 Å². The molecule has 166 valence electrons. The molecular weight excluding hydrogens is 392 g/mol. The Kier molecular flexibility index (Phi) is 7.13. The Morgan fingerprint density at radius 2 is 1.23 bits per heavy atom. The number of esters is 2. The molecule has 2 fully saturated rings. The van der Waals surface area contributed by atoms with Crippen LogP contribution in [-0.2, 0) is 50.9 Å². The lowest BCUT2D eigenvalue weighted by Gasteiger charge is -2.17. The maximum atomic E-state index is 12.3. The Hall–Kier alpha value is -2.00. The maximum absolute atomic E-state index is 12.3. The van der Waals surface area contributed by atoms with Crippen molar-refractivity contribution in [1.82, 2.24) is 0 Å². The summed E-state index contributed by atoms with van der Waals surface area (Å²) in [4.78, 5) is 24.5. The fourth-order valence-electron chi connectivity index (χ4n) is 3.38. The van der Waals surface area contributed by atoms with Crippen molar-refractivity contribution in [3.8, 4) is 0 Å². The summed E-state index contributed by atoms with van der Waals surface area (Å²) in [5, 5.41) is 0. The van der Waals surface area contributed by atoms with Crippen molar-refractivity contribution >= 4 is 11.9 Å². The molecule has 1 aromatic carbocycles. The summed E-state index contributed by atoms with van der Waals surface area (Å²) >= 11 is 0. The first kappa shape index (κ1) is 22.7. The molecule has 2 atom stereocenters. The van der Waals surface area contributed by atoms with Crippen molar-refractivity contribution in [3.63, 3.8) is 0 Å². The Morgan fingerprint density at radius 1 is 0.833 bits per heavy atom. The Bertz CT molecular complexity index is 694. The third kappa shape index (κ3) is 6.77. The number of rotatable bonds is 8. The lowest BCUT2D eigenvalue weighted by Crippen LogP contribution is -2.26. The summed E-state index contributed by atoms with van der Waals surface area (Å²) in [5.41, 5.74) is 1.45. The topological polar surface area (TPSA) is 89.5 Å². The fourth-order valence-corrected chi connectivity index (χ4v) is 3.38. The van der Waals surface area contributed by atoms with Gasteiger partial charge in [0, 0.05) is 0 Å². The second-order valence-electron chi connectivity index (χ2n) is 8.39. The van der Waals surface area contributed by atoms with Crippen molar-refractivity contribution in [2.45, 2.75) is 64.3 Å². The molecule has 3 rings (SSSR count). The van der Waals surface area contributed by atoms with Crippen molar-refractivity contribution in [3.05, 3.63) is 35.4 Å². The number of hydrogen-bond acceptors (Lipinski definition) is 8. The summed E-state index contributed by atoms with van der Waals surface area (Å²) in [6.07, 6.45) is -0.426. The maximum Gasteiger partial charge on any atom is 0.310 e. The van der Waals surface area contributed by atoms with Crippen LogP contribution in [0.2, 0.25) is 0 Å². The summed E-state index contributed by atoms with van der Waals surface area (Å²) in [6, 6.07) is 7.25. The minimum Gasteiger partial charge on any atom is -0.463 e. The number of carbonyl (C=O) groups excluding carboxylic acids is 2. The highest BCUT2D eigenvalue weighted by molar-refractivity contribution is 5.76. The van der Waals surface area contributed by atoms with Gasteiger partial charge in [0.25, 0.3) is 0 Å². The van der Waals surface area contributed by atoms with Crippen LogP contribution in [0.4, 0.5) is 0 Å². The van der Waals surface area contributed by atoms with Crippen molar-refractivity contribution in [2.24, 2.45) is 0 Å². The highest BCUT2D eigenvalue weighted by atomic mass is 16.8. The third-order valence-electron chi connectivity index (χ3n) is 4.78. The summed E-state index contributed by atoms with van der Waals surface area (Å²) in [5.74, 6) is -2.09. The predicted octanol–water partition coefficient (Wildman–Crippen LogP) is 2.16. The molecule has 0 aliphatic carbocycles. The normalized spacial score (nSPS) is 24.5. The molecule has 30 heavy (non-hydrogen) atoms. The number of benzene rings is 1. The van der Waals surface area contributed by atoms with Gasteiger partial charge >= 0.3 is 11.9 Å². The lowest BCUT2D eigenvalue weighted by molar-refractivity contribution is -0.158. The minimum atomic E-state index is -0.657. The smallest absolute Gasteiger partial charge is 0.310 e. The van der Waals surface area contributed by atoms with E-state index in [-0.39, 0.29) is 50.2 Å². The van der Waals surface area contributed by atoms with Crippen molar-refractivity contribution in [1.29, 1.82) is 0 Å². The quantitative estimate of drug-likeness (QED) is 0.589. The molecule has 0 N–H and O–H groups in total. The van der Waals surface area contributed by atoms with Gasteiger partial charge in [0.15, 0.2) is 11.6 Å². The van der Waals surface area contributed by atoms with E-state index in [9.17, 15) is 9.59 Å². The molecule has 0 bridgehead atoms. The van der Waals surface area contributed by atoms with Crippen molar-refractivity contribution < 1.29 is 38.0 Å². The van der Waals surface area contributed by atoms with Crippen LogP contribution in [0.25, 0.3) is 0 Å². The fraction of sp³-hybridized carbons (Fsp3) is 0.636. The Morgan fingerprint density at radius 3 is 1.57 bits per heavy atom. The Labute approximate surface area is 176 Å². The average Bonchev–Trinajstić information content (AvgIpc) is 3.20. The van der Waals surface area contributed by atoms with Gasteiger partial charge < -0.3 is 28.4 Å². The van der Waals surface area contributed by atoms with Crippen LogP contribution in [-0.4, -0.2) is 62.1 Å². The molecule has 2 heterocycles. The molecule has 2 saturated heterocycles. The Balaban J connectivity index is 1.45. The predicted molar refractivity (Wildman–Crippen MR) is 106 cm³/mol. The number of ether oxygens (including phenoxy) is 6. The second kappa shape index (κ2) is 9.43. The number of hydrogen-bond donors (Lipinski definition) is 0. The van der Waals surface area contributed by atoms with Gasteiger partial charge in [-0.15, -0.1) is 0 Å². The first-order valence-corrected chi connectivity index (χ1v) is 10.1. The van der Waals surface area contributed by atoms with E-state index in [1.807, 2.05) is 39.8 Å². The van der Waals surface area contributed by atoms with E-state index in [4.69, 9.17) is 28.4 Å².